The van der Waals surface area contributed by atoms with Gasteiger partial charge in [0.1, 0.15) is 5.75 Å². The fraction of sp³-hybridized carbons (Fsp3) is 0.571. The number of rotatable bonds is 2. The van der Waals surface area contributed by atoms with Crippen LogP contribution in [0, 0.1) is 0 Å². The molecule has 0 amide bonds. The van der Waals surface area contributed by atoms with Crippen LogP contribution in [0.1, 0.15) is 52.7 Å². The van der Waals surface area contributed by atoms with Crippen molar-refractivity contribution in [3.8, 4) is 5.75 Å². The van der Waals surface area contributed by atoms with Gasteiger partial charge >= 0.3 is 0 Å². The van der Waals surface area contributed by atoms with Gasteiger partial charge in [-0.2, -0.15) is 0 Å². The van der Waals surface area contributed by atoms with Crippen molar-refractivity contribution in [2.24, 2.45) is 0 Å². The Labute approximate surface area is 111 Å². The Morgan fingerprint density at radius 1 is 0.944 bits per heavy atom. The van der Waals surface area contributed by atoms with Gasteiger partial charge in [0.05, 0.1) is 0 Å². The first kappa shape index (κ1) is 15.4. The van der Waals surface area contributed by atoms with Gasteiger partial charge in [0.25, 0.3) is 0 Å². The molecular weight excluding hydrogens is 247 g/mol. The topological polar surface area (TPSA) is 55.3 Å². The first-order valence-electron chi connectivity index (χ1n) is 5.99. The summed E-state index contributed by atoms with van der Waals surface area (Å²) < 4.78 is 4.89. The van der Waals surface area contributed by atoms with Crippen LogP contribution in [0.15, 0.2) is 18.2 Å². The van der Waals surface area contributed by atoms with E-state index in [1.54, 1.807) is 6.07 Å². The van der Waals surface area contributed by atoms with E-state index >= 15 is 0 Å². The summed E-state index contributed by atoms with van der Waals surface area (Å²) in [6.07, 6.45) is 0. The average Bonchev–Trinajstić information content (AvgIpc) is 2.13. The summed E-state index contributed by atoms with van der Waals surface area (Å²) in [7, 11) is -2.88. The van der Waals surface area contributed by atoms with Crippen molar-refractivity contribution in [2.45, 2.75) is 52.4 Å². The van der Waals surface area contributed by atoms with E-state index in [0.29, 0.717) is 5.75 Å². The van der Waals surface area contributed by atoms with Crippen LogP contribution in [0.4, 0.5) is 0 Å². The van der Waals surface area contributed by atoms with Crippen LogP contribution in [0.25, 0.3) is 0 Å². The molecule has 102 valence electrons. The van der Waals surface area contributed by atoms with Crippen molar-refractivity contribution in [3.05, 3.63) is 29.3 Å². The van der Waals surface area contributed by atoms with Crippen LogP contribution in [0.2, 0.25) is 0 Å². The van der Waals surface area contributed by atoms with Crippen LogP contribution in [-0.2, 0) is 10.8 Å². The lowest BCUT2D eigenvalue weighted by Gasteiger charge is -2.34. The normalized spacial score (nSPS) is 12.9. The van der Waals surface area contributed by atoms with Crippen LogP contribution < -0.4 is 14.3 Å². The van der Waals surface area contributed by atoms with E-state index in [1.165, 1.54) is 5.56 Å². The summed E-state index contributed by atoms with van der Waals surface area (Å²) in [5.41, 5.74) is 1.94. The number of hydrogen-bond acceptors (Lipinski definition) is 3. The van der Waals surface area contributed by atoms with Crippen molar-refractivity contribution in [1.82, 2.24) is 0 Å². The molecule has 0 aliphatic rings. The fourth-order valence-corrected chi connectivity index (χ4v) is 2.06. The molecule has 0 saturated carbocycles. The summed E-state index contributed by atoms with van der Waals surface area (Å²) in [6, 6.07) is 5.70. The molecule has 0 N–H and O–H groups in total. The zero-order chi connectivity index (χ0) is 14.1. The SMILES string of the molecule is CC(C)(C)c1ccc(OP([O-])[O-])c(C(C)(C)C)c1. The minimum absolute atomic E-state index is 0.0260. The second-order valence-electron chi connectivity index (χ2n) is 6.53. The Hall–Kier alpha value is -0.630. The molecule has 18 heavy (non-hydrogen) atoms. The van der Waals surface area contributed by atoms with Gasteiger partial charge in [-0.3, -0.25) is 0 Å². The zero-order valence-corrected chi connectivity index (χ0v) is 12.8. The van der Waals surface area contributed by atoms with Crippen molar-refractivity contribution < 1.29 is 14.3 Å². The second kappa shape index (κ2) is 5.16. The molecule has 1 aromatic carbocycles. The molecule has 0 saturated heterocycles. The summed E-state index contributed by atoms with van der Waals surface area (Å²) >= 11 is 0. The highest BCUT2D eigenvalue weighted by Gasteiger charge is 2.22. The standard InChI is InChI=1S/C14H21O3P/c1-13(2,3)10-7-8-12(17-18(15)16)11(9-10)14(4,5)6/h7-9H,1-6H3/q-2. The van der Waals surface area contributed by atoms with Gasteiger partial charge in [0.2, 0.25) is 0 Å². The summed E-state index contributed by atoms with van der Waals surface area (Å²) in [5.74, 6) is 0.423. The quantitative estimate of drug-likeness (QED) is 0.775. The lowest BCUT2D eigenvalue weighted by Crippen LogP contribution is -2.19. The first-order valence-corrected chi connectivity index (χ1v) is 7.09. The maximum atomic E-state index is 10.7. The van der Waals surface area contributed by atoms with Gasteiger partial charge < -0.3 is 14.3 Å². The molecule has 0 heterocycles. The van der Waals surface area contributed by atoms with Crippen LogP contribution in [0.3, 0.4) is 0 Å². The fourth-order valence-electron chi connectivity index (χ4n) is 1.74. The molecule has 0 aliphatic heterocycles. The number of benzene rings is 1. The van der Waals surface area contributed by atoms with Gasteiger partial charge in [0, 0.05) is 0 Å². The largest absolute Gasteiger partial charge is 0.810 e. The minimum atomic E-state index is -2.88. The van der Waals surface area contributed by atoms with E-state index in [2.05, 4.69) is 20.8 Å². The summed E-state index contributed by atoms with van der Waals surface area (Å²) in [5, 5.41) is 0. The van der Waals surface area contributed by atoms with Gasteiger partial charge in [-0.25, -0.2) is 0 Å². The van der Waals surface area contributed by atoms with Crippen LogP contribution >= 0.6 is 8.60 Å². The van der Waals surface area contributed by atoms with Gasteiger partial charge in [-0.1, -0.05) is 62.3 Å². The third-order valence-corrected chi connectivity index (χ3v) is 3.17. The molecule has 1 rings (SSSR count). The van der Waals surface area contributed by atoms with Crippen LogP contribution in [-0.4, -0.2) is 0 Å². The first-order chi connectivity index (χ1) is 8.01. The highest BCUT2D eigenvalue weighted by molar-refractivity contribution is 7.36. The van der Waals surface area contributed by atoms with Crippen molar-refractivity contribution in [3.63, 3.8) is 0 Å². The zero-order valence-electron chi connectivity index (χ0n) is 11.9. The van der Waals surface area contributed by atoms with Gasteiger partial charge in [0.15, 0.2) is 0 Å². The van der Waals surface area contributed by atoms with Gasteiger partial charge in [-0.15, -0.1) is 0 Å². The molecule has 0 aliphatic carbocycles. The Balaban J connectivity index is 3.30. The molecule has 0 spiro atoms. The number of hydrogen-bond donors (Lipinski definition) is 0. The molecular formula is C14H21O3P-2. The predicted octanol–water partition coefficient (Wildman–Crippen LogP) is 2.61. The highest BCUT2D eigenvalue weighted by Crippen LogP contribution is 2.37. The molecule has 0 aromatic heterocycles. The van der Waals surface area contributed by atoms with E-state index in [-0.39, 0.29) is 10.8 Å². The molecule has 0 unspecified atom stereocenters. The lowest BCUT2D eigenvalue weighted by atomic mass is 9.80. The Morgan fingerprint density at radius 3 is 1.89 bits per heavy atom. The van der Waals surface area contributed by atoms with E-state index in [9.17, 15) is 9.79 Å². The molecule has 1 aromatic rings. The van der Waals surface area contributed by atoms with Gasteiger partial charge in [-0.05, 0) is 28.0 Å². The van der Waals surface area contributed by atoms with E-state index < -0.39 is 8.60 Å². The Kier molecular flexibility index (Phi) is 4.42. The molecule has 0 radical (unpaired) electrons. The smallest absolute Gasteiger partial charge is 0.123 e. The molecule has 3 nitrogen and oxygen atoms in total. The molecule has 0 bridgehead atoms. The predicted molar refractivity (Wildman–Crippen MR) is 71.4 cm³/mol. The van der Waals surface area contributed by atoms with E-state index in [0.717, 1.165) is 5.56 Å². The van der Waals surface area contributed by atoms with Crippen molar-refractivity contribution >= 4 is 8.60 Å². The summed E-state index contributed by atoms with van der Waals surface area (Å²) in [6.45, 7) is 12.5. The molecule has 4 heteroatoms. The van der Waals surface area contributed by atoms with E-state index in [1.807, 2.05) is 32.9 Å². The minimum Gasteiger partial charge on any atom is -0.810 e. The molecule has 0 fully saturated rings. The third-order valence-electron chi connectivity index (χ3n) is 2.83. The molecule has 0 atom stereocenters. The second-order valence-corrected chi connectivity index (χ2v) is 7.16. The Bertz CT molecular complexity index is 414. The monoisotopic (exact) mass is 268 g/mol. The summed E-state index contributed by atoms with van der Waals surface area (Å²) in [4.78, 5) is 21.5. The van der Waals surface area contributed by atoms with Crippen molar-refractivity contribution in [1.29, 1.82) is 0 Å². The van der Waals surface area contributed by atoms with Crippen molar-refractivity contribution in [2.75, 3.05) is 0 Å². The van der Waals surface area contributed by atoms with Crippen LogP contribution in [0.5, 0.6) is 5.75 Å². The third kappa shape index (κ3) is 3.94. The average molecular weight is 268 g/mol. The van der Waals surface area contributed by atoms with E-state index in [4.69, 9.17) is 4.52 Å². The maximum absolute atomic E-state index is 10.7. The maximum Gasteiger partial charge on any atom is 0.123 e. The Morgan fingerprint density at radius 2 is 1.50 bits per heavy atom. The highest BCUT2D eigenvalue weighted by atomic mass is 31.2. The lowest BCUT2D eigenvalue weighted by molar-refractivity contribution is -0.310.